The van der Waals surface area contributed by atoms with Crippen molar-refractivity contribution in [2.24, 2.45) is 5.41 Å². The van der Waals surface area contributed by atoms with Gasteiger partial charge >= 0.3 is 12.1 Å². The normalized spacial score (nSPS) is 18.3. The SMILES string of the molecule is CCOC(=O)CN(C(=O)C(C)(C)C)[C@H]1CCCN(C(=O)OC(C)(C)C)C1. The van der Waals surface area contributed by atoms with E-state index in [0.717, 1.165) is 12.8 Å². The number of carbonyl (C=O) groups excluding carboxylic acids is 3. The largest absolute Gasteiger partial charge is 0.465 e. The van der Waals surface area contributed by atoms with Crippen molar-refractivity contribution in [2.75, 3.05) is 26.2 Å². The summed E-state index contributed by atoms with van der Waals surface area (Å²) in [5.74, 6) is -0.555. The highest BCUT2D eigenvalue weighted by molar-refractivity contribution is 5.86. The van der Waals surface area contributed by atoms with Crippen LogP contribution in [0.15, 0.2) is 0 Å². The molecule has 1 fully saturated rings. The lowest BCUT2D eigenvalue weighted by Crippen LogP contribution is -2.55. The summed E-state index contributed by atoms with van der Waals surface area (Å²) in [5, 5.41) is 0. The second-order valence-corrected chi connectivity index (χ2v) is 8.71. The first-order chi connectivity index (χ1) is 11.8. The smallest absolute Gasteiger partial charge is 0.410 e. The number of rotatable bonds is 4. The molecule has 7 nitrogen and oxygen atoms in total. The molecule has 1 heterocycles. The van der Waals surface area contributed by atoms with Gasteiger partial charge in [0.25, 0.3) is 0 Å². The second kappa shape index (κ2) is 8.73. The minimum atomic E-state index is -0.624. The van der Waals surface area contributed by atoms with Gasteiger partial charge < -0.3 is 19.3 Å². The van der Waals surface area contributed by atoms with Gasteiger partial charge in [0.2, 0.25) is 5.91 Å². The van der Waals surface area contributed by atoms with Crippen molar-refractivity contribution < 1.29 is 23.9 Å². The fraction of sp³-hybridized carbons (Fsp3) is 0.842. The molecule has 0 bridgehead atoms. The zero-order chi connectivity index (χ0) is 20.1. The Balaban J connectivity index is 2.93. The molecule has 0 aromatic carbocycles. The van der Waals surface area contributed by atoms with Crippen molar-refractivity contribution in [3.05, 3.63) is 0 Å². The van der Waals surface area contributed by atoms with E-state index in [9.17, 15) is 14.4 Å². The lowest BCUT2D eigenvalue weighted by molar-refractivity contribution is -0.154. The van der Waals surface area contributed by atoms with E-state index in [1.54, 1.807) is 16.7 Å². The number of ether oxygens (including phenoxy) is 2. The standard InChI is InChI=1S/C19H34N2O5/c1-8-25-15(22)13-21(16(23)18(2,3)4)14-10-9-11-20(12-14)17(24)26-19(5,6)7/h14H,8-13H2,1-7H3/t14-/m0/s1. The first-order valence-corrected chi connectivity index (χ1v) is 9.29. The van der Waals surface area contributed by atoms with Crippen LogP contribution in [0.3, 0.4) is 0 Å². The molecular formula is C19H34N2O5. The van der Waals surface area contributed by atoms with Gasteiger partial charge in [0.05, 0.1) is 12.6 Å². The Labute approximate surface area is 157 Å². The molecule has 0 unspecified atom stereocenters. The Morgan fingerprint density at radius 2 is 1.73 bits per heavy atom. The van der Waals surface area contributed by atoms with Crippen LogP contribution in [0, 0.1) is 5.41 Å². The molecule has 1 saturated heterocycles. The summed E-state index contributed by atoms with van der Waals surface area (Å²) in [5.41, 5.74) is -1.20. The quantitative estimate of drug-likeness (QED) is 0.711. The Morgan fingerprint density at radius 1 is 1.12 bits per heavy atom. The number of likely N-dealkylation sites (tertiary alicyclic amines) is 1. The molecule has 0 aromatic rings. The monoisotopic (exact) mass is 370 g/mol. The third kappa shape index (κ3) is 6.84. The van der Waals surface area contributed by atoms with Crippen LogP contribution < -0.4 is 0 Å². The molecular weight excluding hydrogens is 336 g/mol. The van der Waals surface area contributed by atoms with Crippen LogP contribution in [0.2, 0.25) is 0 Å². The van der Waals surface area contributed by atoms with Crippen LogP contribution in [0.1, 0.15) is 61.3 Å². The van der Waals surface area contributed by atoms with Crippen LogP contribution in [-0.2, 0) is 19.1 Å². The molecule has 1 rings (SSSR count). The number of nitrogens with zero attached hydrogens (tertiary/aromatic N) is 2. The lowest BCUT2D eigenvalue weighted by Gasteiger charge is -2.41. The molecule has 1 aliphatic heterocycles. The van der Waals surface area contributed by atoms with Gasteiger partial charge in [-0.15, -0.1) is 0 Å². The highest BCUT2D eigenvalue weighted by Gasteiger charge is 2.37. The van der Waals surface area contributed by atoms with E-state index >= 15 is 0 Å². The third-order valence-electron chi connectivity index (χ3n) is 4.00. The van der Waals surface area contributed by atoms with E-state index in [1.807, 2.05) is 41.5 Å². The summed E-state index contributed by atoms with van der Waals surface area (Å²) in [6, 6.07) is -0.229. The molecule has 0 N–H and O–H groups in total. The Morgan fingerprint density at radius 3 is 2.23 bits per heavy atom. The van der Waals surface area contributed by atoms with Crippen LogP contribution >= 0.6 is 0 Å². The highest BCUT2D eigenvalue weighted by Crippen LogP contribution is 2.24. The summed E-state index contributed by atoms with van der Waals surface area (Å²) >= 11 is 0. The summed E-state index contributed by atoms with van der Waals surface area (Å²) in [6.07, 6.45) is 1.10. The average molecular weight is 370 g/mol. The molecule has 26 heavy (non-hydrogen) atoms. The number of esters is 1. The van der Waals surface area contributed by atoms with E-state index in [-0.39, 0.29) is 31.2 Å². The van der Waals surface area contributed by atoms with E-state index in [1.165, 1.54) is 0 Å². The Bertz CT molecular complexity index is 519. The van der Waals surface area contributed by atoms with Gasteiger partial charge in [-0.1, -0.05) is 20.8 Å². The van der Waals surface area contributed by atoms with Gasteiger partial charge in [-0.2, -0.15) is 0 Å². The summed E-state index contributed by atoms with van der Waals surface area (Å²) in [4.78, 5) is 40.5. The van der Waals surface area contributed by atoms with E-state index in [4.69, 9.17) is 9.47 Å². The Hall–Kier alpha value is -1.79. The fourth-order valence-corrected chi connectivity index (χ4v) is 2.84. The topological polar surface area (TPSA) is 76.2 Å². The van der Waals surface area contributed by atoms with Crippen molar-refractivity contribution >= 4 is 18.0 Å². The number of amides is 2. The molecule has 0 spiro atoms. The molecule has 7 heteroatoms. The second-order valence-electron chi connectivity index (χ2n) is 8.71. The first kappa shape index (κ1) is 22.3. The molecule has 0 aromatic heterocycles. The molecule has 1 atom stereocenters. The van der Waals surface area contributed by atoms with Gasteiger partial charge in [-0.05, 0) is 40.5 Å². The molecule has 0 saturated carbocycles. The zero-order valence-corrected chi connectivity index (χ0v) is 17.3. The molecule has 0 radical (unpaired) electrons. The zero-order valence-electron chi connectivity index (χ0n) is 17.3. The maximum absolute atomic E-state index is 12.9. The van der Waals surface area contributed by atoms with Crippen molar-refractivity contribution in [2.45, 2.75) is 73.0 Å². The first-order valence-electron chi connectivity index (χ1n) is 9.29. The van der Waals surface area contributed by atoms with Crippen molar-refractivity contribution in [1.29, 1.82) is 0 Å². The summed E-state index contributed by atoms with van der Waals surface area (Å²) in [7, 11) is 0. The number of hydrogen-bond acceptors (Lipinski definition) is 5. The van der Waals surface area contributed by atoms with Gasteiger partial charge in [0, 0.05) is 18.5 Å². The van der Waals surface area contributed by atoms with Gasteiger partial charge in [-0.3, -0.25) is 9.59 Å². The number of carbonyl (C=O) groups is 3. The highest BCUT2D eigenvalue weighted by atomic mass is 16.6. The predicted octanol–water partition coefficient (Wildman–Crippen LogP) is 2.82. The molecule has 0 aliphatic carbocycles. The minimum absolute atomic E-state index is 0.100. The van der Waals surface area contributed by atoms with E-state index < -0.39 is 17.0 Å². The predicted molar refractivity (Wildman–Crippen MR) is 98.6 cm³/mol. The minimum Gasteiger partial charge on any atom is -0.465 e. The summed E-state index contributed by atoms with van der Waals surface area (Å²) in [6.45, 7) is 13.8. The molecule has 2 amide bonds. The van der Waals surface area contributed by atoms with E-state index in [2.05, 4.69) is 0 Å². The Kier molecular flexibility index (Phi) is 7.47. The van der Waals surface area contributed by atoms with Crippen molar-refractivity contribution in [1.82, 2.24) is 9.80 Å². The van der Waals surface area contributed by atoms with Crippen molar-refractivity contribution in [3.63, 3.8) is 0 Å². The number of piperidine rings is 1. The average Bonchev–Trinajstić information content (AvgIpc) is 2.50. The number of hydrogen-bond donors (Lipinski definition) is 0. The van der Waals surface area contributed by atoms with Crippen LogP contribution in [-0.4, -0.2) is 65.7 Å². The maximum atomic E-state index is 12.9. The van der Waals surface area contributed by atoms with Crippen LogP contribution in [0.25, 0.3) is 0 Å². The molecule has 150 valence electrons. The molecule has 1 aliphatic rings. The van der Waals surface area contributed by atoms with Gasteiger partial charge in [0.1, 0.15) is 12.1 Å². The maximum Gasteiger partial charge on any atom is 0.410 e. The summed E-state index contributed by atoms with van der Waals surface area (Å²) < 4.78 is 10.5. The van der Waals surface area contributed by atoms with Gasteiger partial charge in [-0.25, -0.2) is 4.79 Å². The van der Waals surface area contributed by atoms with Crippen LogP contribution in [0.4, 0.5) is 4.79 Å². The fourth-order valence-electron chi connectivity index (χ4n) is 2.84. The van der Waals surface area contributed by atoms with Crippen LogP contribution in [0.5, 0.6) is 0 Å². The lowest BCUT2D eigenvalue weighted by atomic mass is 9.92. The van der Waals surface area contributed by atoms with Gasteiger partial charge in [0.15, 0.2) is 0 Å². The van der Waals surface area contributed by atoms with E-state index in [0.29, 0.717) is 13.1 Å². The third-order valence-corrected chi connectivity index (χ3v) is 4.00. The van der Waals surface area contributed by atoms with Crippen molar-refractivity contribution in [3.8, 4) is 0 Å².